The maximum absolute atomic E-state index is 13.1. The number of nitrogens with one attached hydrogen (secondary N) is 2. The van der Waals surface area contributed by atoms with Gasteiger partial charge in [0.25, 0.3) is 0 Å². The molecule has 3 aromatic rings. The van der Waals surface area contributed by atoms with Gasteiger partial charge in [-0.3, -0.25) is 14.4 Å². The number of amides is 2. The van der Waals surface area contributed by atoms with Gasteiger partial charge in [0, 0.05) is 45.7 Å². The first-order valence-electron chi connectivity index (χ1n) is 12.4. The highest BCUT2D eigenvalue weighted by atomic mass is 35.5. The molecule has 2 aliphatic rings. The molecule has 2 aliphatic carbocycles. The SMILES string of the molecule is O=C(CC1CC1)Nc1ccc(CC(=O)c2cc(NC(=O)C3C(c4cc(Cl)cc(Cl)c4)C3(Cl)Cl)ccc2Cl)cc1. The molecule has 0 aromatic heterocycles. The van der Waals surface area contributed by atoms with E-state index in [9.17, 15) is 14.4 Å². The van der Waals surface area contributed by atoms with Gasteiger partial charge in [-0.1, -0.05) is 46.9 Å². The normalized spacial score (nSPS) is 19.3. The van der Waals surface area contributed by atoms with Crippen LogP contribution < -0.4 is 10.6 Å². The molecular formula is C29H23Cl5N2O3. The summed E-state index contributed by atoms with van der Waals surface area (Å²) < 4.78 is -1.33. The topological polar surface area (TPSA) is 75.3 Å². The zero-order chi connectivity index (χ0) is 27.9. The van der Waals surface area contributed by atoms with Gasteiger partial charge in [-0.15, -0.1) is 23.2 Å². The van der Waals surface area contributed by atoms with Crippen LogP contribution in [0.2, 0.25) is 15.1 Å². The second-order valence-corrected chi connectivity index (χ2v) is 12.7. The quantitative estimate of drug-likeness (QED) is 0.186. The number of alkyl halides is 2. The van der Waals surface area contributed by atoms with Crippen molar-refractivity contribution >= 4 is 87.0 Å². The zero-order valence-corrected chi connectivity index (χ0v) is 24.2. The molecule has 2 unspecified atom stereocenters. The summed E-state index contributed by atoms with van der Waals surface area (Å²) in [4.78, 5) is 38.2. The molecule has 202 valence electrons. The first-order chi connectivity index (χ1) is 18.5. The first-order valence-corrected chi connectivity index (χ1v) is 14.3. The van der Waals surface area contributed by atoms with E-state index >= 15 is 0 Å². The Morgan fingerprint density at radius 1 is 0.821 bits per heavy atom. The average molecular weight is 625 g/mol. The van der Waals surface area contributed by atoms with Crippen LogP contribution in [0.15, 0.2) is 60.7 Å². The van der Waals surface area contributed by atoms with Gasteiger partial charge in [0.15, 0.2) is 5.78 Å². The largest absolute Gasteiger partial charge is 0.326 e. The summed E-state index contributed by atoms with van der Waals surface area (Å²) in [5.74, 6) is -1.35. The molecule has 3 aromatic carbocycles. The third kappa shape index (κ3) is 6.72. The minimum atomic E-state index is -1.33. The van der Waals surface area contributed by atoms with E-state index in [2.05, 4.69) is 10.6 Å². The number of anilines is 2. The number of hydrogen-bond acceptors (Lipinski definition) is 3. The van der Waals surface area contributed by atoms with E-state index in [1.54, 1.807) is 54.6 Å². The minimum Gasteiger partial charge on any atom is -0.326 e. The van der Waals surface area contributed by atoms with Crippen molar-refractivity contribution < 1.29 is 14.4 Å². The molecule has 0 saturated heterocycles. The molecular weight excluding hydrogens is 602 g/mol. The van der Waals surface area contributed by atoms with E-state index in [4.69, 9.17) is 58.0 Å². The summed E-state index contributed by atoms with van der Waals surface area (Å²) in [7, 11) is 0. The Hall–Kier alpha value is -2.28. The molecule has 0 spiro atoms. The van der Waals surface area contributed by atoms with E-state index in [1.807, 2.05) is 0 Å². The molecule has 0 aliphatic heterocycles. The molecule has 2 fully saturated rings. The Balaban J connectivity index is 1.23. The second kappa shape index (κ2) is 11.3. The van der Waals surface area contributed by atoms with Crippen molar-refractivity contribution in [2.45, 2.75) is 35.9 Å². The van der Waals surface area contributed by atoms with Crippen LogP contribution in [0.25, 0.3) is 0 Å². The van der Waals surface area contributed by atoms with Gasteiger partial charge in [0.05, 0.1) is 10.9 Å². The molecule has 5 rings (SSSR count). The fourth-order valence-electron chi connectivity index (χ4n) is 4.64. The van der Waals surface area contributed by atoms with E-state index in [1.165, 1.54) is 6.07 Å². The average Bonchev–Trinajstić information content (AvgIpc) is 3.77. The molecule has 39 heavy (non-hydrogen) atoms. The maximum atomic E-state index is 13.1. The van der Waals surface area contributed by atoms with Gasteiger partial charge >= 0.3 is 0 Å². The van der Waals surface area contributed by atoms with E-state index in [0.717, 1.165) is 18.4 Å². The summed E-state index contributed by atoms with van der Waals surface area (Å²) in [6.45, 7) is 0. The van der Waals surface area contributed by atoms with Crippen LogP contribution in [0.5, 0.6) is 0 Å². The van der Waals surface area contributed by atoms with E-state index < -0.39 is 22.1 Å². The highest BCUT2D eigenvalue weighted by molar-refractivity contribution is 6.53. The lowest BCUT2D eigenvalue weighted by Gasteiger charge is -2.10. The lowest BCUT2D eigenvalue weighted by atomic mass is 10.0. The lowest BCUT2D eigenvalue weighted by Crippen LogP contribution is -2.17. The summed E-state index contributed by atoms with van der Waals surface area (Å²) in [6.07, 6.45) is 2.86. The zero-order valence-electron chi connectivity index (χ0n) is 20.4. The van der Waals surface area contributed by atoms with Gasteiger partial charge in [-0.05, 0) is 78.4 Å². The van der Waals surface area contributed by atoms with Gasteiger partial charge in [0.2, 0.25) is 11.8 Å². The summed E-state index contributed by atoms with van der Waals surface area (Å²) in [5, 5.41) is 6.78. The Bertz CT molecular complexity index is 1430. The fourth-order valence-corrected chi connectivity index (χ4v) is 6.24. The molecule has 2 atom stereocenters. The minimum absolute atomic E-state index is 0.00132. The van der Waals surface area contributed by atoms with E-state index in [-0.39, 0.29) is 28.7 Å². The number of benzene rings is 3. The maximum Gasteiger partial charge on any atom is 0.231 e. The predicted molar refractivity (Wildman–Crippen MR) is 158 cm³/mol. The second-order valence-electron chi connectivity index (χ2n) is 10.0. The Morgan fingerprint density at radius 2 is 1.46 bits per heavy atom. The smallest absolute Gasteiger partial charge is 0.231 e. The summed E-state index contributed by atoms with van der Waals surface area (Å²) in [6, 6.07) is 16.8. The first kappa shape index (κ1) is 28.3. The number of ketones is 1. The van der Waals surface area contributed by atoms with Gasteiger partial charge in [-0.25, -0.2) is 0 Å². The van der Waals surface area contributed by atoms with Crippen LogP contribution in [0.4, 0.5) is 11.4 Å². The Labute approximate surface area is 251 Å². The Morgan fingerprint density at radius 3 is 2.10 bits per heavy atom. The molecule has 5 nitrogen and oxygen atoms in total. The van der Waals surface area contributed by atoms with Crippen LogP contribution >= 0.6 is 58.0 Å². The van der Waals surface area contributed by atoms with Crippen LogP contribution in [-0.2, 0) is 16.0 Å². The van der Waals surface area contributed by atoms with Crippen molar-refractivity contribution in [3.63, 3.8) is 0 Å². The van der Waals surface area contributed by atoms with Crippen molar-refractivity contribution in [3.05, 3.63) is 92.4 Å². The van der Waals surface area contributed by atoms with Gasteiger partial charge in [-0.2, -0.15) is 0 Å². The number of carbonyl (C=O) groups excluding carboxylic acids is 3. The number of carbonyl (C=O) groups is 3. The van der Waals surface area contributed by atoms with Crippen molar-refractivity contribution in [2.24, 2.45) is 11.8 Å². The standard InChI is InChI=1S/C29H23Cl5N2O3/c30-18-11-17(12-19(31)13-18)26-27(29(26,33)34)28(39)36-21-7-8-23(32)22(14-21)24(37)9-15-3-5-20(6-4-15)35-25(38)10-16-1-2-16/h3-8,11-14,16,26-27H,1-2,9-10H2,(H,35,38)(H,36,39). The summed E-state index contributed by atoms with van der Waals surface area (Å²) >= 11 is 31.4. The highest BCUT2D eigenvalue weighted by Crippen LogP contribution is 2.65. The molecule has 2 N–H and O–H groups in total. The van der Waals surface area contributed by atoms with Crippen molar-refractivity contribution in [3.8, 4) is 0 Å². The predicted octanol–water partition coefficient (Wildman–Crippen LogP) is 8.34. The molecule has 0 heterocycles. The third-order valence-corrected chi connectivity index (χ3v) is 8.59. The number of rotatable bonds is 9. The van der Waals surface area contributed by atoms with Gasteiger partial charge in [0.1, 0.15) is 4.33 Å². The number of hydrogen-bond donors (Lipinski definition) is 2. The fraction of sp³-hybridized carbons (Fsp3) is 0.276. The van der Waals surface area contributed by atoms with Crippen LogP contribution in [0.1, 0.15) is 46.7 Å². The molecule has 10 heteroatoms. The van der Waals surface area contributed by atoms with Crippen molar-refractivity contribution in [2.75, 3.05) is 10.6 Å². The van der Waals surface area contributed by atoms with Crippen LogP contribution in [0.3, 0.4) is 0 Å². The number of Topliss-reactive ketones (excluding diaryl/α,β-unsaturated/α-hetero) is 1. The van der Waals surface area contributed by atoms with Gasteiger partial charge < -0.3 is 10.6 Å². The highest BCUT2D eigenvalue weighted by Gasteiger charge is 2.67. The Kier molecular flexibility index (Phi) is 8.19. The van der Waals surface area contributed by atoms with Crippen molar-refractivity contribution in [1.82, 2.24) is 0 Å². The monoisotopic (exact) mass is 622 g/mol. The molecule has 2 amide bonds. The summed E-state index contributed by atoms with van der Waals surface area (Å²) in [5.41, 5.74) is 2.78. The van der Waals surface area contributed by atoms with Crippen LogP contribution in [-0.4, -0.2) is 21.9 Å². The van der Waals surface area contributed by atoms with Crippen LogP contribution in [0, 0.1) is 11.8 Å². The van der Waals surface area contributed by atoms with Crippen molar-refractivity contribution in [1.29, 1.82) is 0 Å². The molecule has 0 bridgehead atoms. The lowest BCUT2D eigenvalue weighted by molar-refractivity contribution is -0.117. The van der Waals surface area contributed by atoms with E-state index in [0.29, 0.717) is 39.3 Å². The molecule has 2 saturated carbocycles. The number of halogens is 5. The third-order valence-electron chi connectivity index (χ3n) is 6.89. The molecule has 0 radical (unpaired) electrons.